The summed E-state index contributed by atoms with van der Waals surface area (Å²) in [6.45, 7) is 0. The van der Waals surface area contributed by atoms with E-state index in [1.54, 1.807) is 12.1 Å². The van der Waals surface area contributed by atoms with Crippen LogP contribution in [-0.4, -0.2) is 11.2 Å². The van der Waals surface area contributed by atoms with E-state index in [9.17, 15) is 4.39 Å². The molecule has 1 aliphatic rings. The van der Waals surface area contributed by atoms with Gasteiger partial charge in [-0.05, 0) is 11.1 Å². The molecule has 0 spiro atoms. The molecule has 0 radical (unpaired) electrons. The number of benzene rings is 1. The molecule has 1 N–H and O–H groups in total. The van der Waals surface area contributed by atoms with Gasteiger partial charge in [0, 0.05) is 6.42 Å². The molecule has 0 saturated carbocycles. The van der Waals surface area contributed by atoms with Gasteiger partial charge < -0.3 is 5.11 Å². The smallest absolute Gasteiger partial charge is 0.151 e. The second-order valence-corrected chi connectivity index (χ2v) is 2.87. The molecule has 0 unspecified atom stereocenters. The highest BCUT2D eigenvalue weighted by molar-refractivity contribution is 5.34. The van der Waals surface area contributed by atoms with Crippen molar-refractivity contribution in [3.05, 3.63) is 35.4 Å². The topological polar surface area (TPSA) is 20.2 Å². The number of aliphatic hydroxyl groups is 1. The third kappa shape index (κ3) is 0.942. The number of halogens is 1. The maximum Gasteiger partial charge on any atom is 0.151 e. The van der Waals surface area contributed by atoms with Crippen molar-refractivity contribution in [2.45, 2.75) is 18.7 Å². The Balaban J connectivity index is 2.47. The third-order valence-electron chi connectivity index (χ3n) is 2.12. The first-order valence-electron chi connectivity index (χ1n) is 3.69. The van der Waals surface area contributed by atoms with Crippen molar-refractivity contribution in [3.63, 3.8) is 0 Å². The van der Waals surface area contributed by atoms with Crippen molar-refractivity contribution < 1.29 is 9.50 Å². The van der Waals surface area contributed by atoms with E-state index in [-0.39, 0.29) is 0 Å². The molecule has 0 saturated heterocycles. The fraction of sp³-hybridized carbons (Fsp3) is 0.333. The van der Waals surface area contributed by atoms with Gasteiger partial charge >= 0.3 is 0 Å². The van der Waals surface area contributed by atoms with Crippen LogP contribution in [-0.2, 0) is 6.42 Å². The minimum Gasteiger partial charge on any atom is -0.389 e. The van der Waals surface area contributed by atoms with Crippen molar-refractivity contribution in [3.8, 4) is 0 Å². The third-order valence-corrected chi connectivity index (χ3v) is 2.12. The lowest BCUT2D eigenvalue weighted by Crippen LogP contribution is -2.08. The Bertz CT molecular complexity index is 272. The normalized spacial score (nSPS) is 28.5. The van der Waals surface area contributed by atoms with E-state index in [2.05, 4.69) is 0 Å². The summed E-state index contributed by atoms with van der Waals surface area (Å²) in [6.07, 6.45) is -1.55. The monoisotopic (exact) mass is 152 g/mol. The summed E-state index contributed by atoms with van der Waals surface area (Å²) < 4.78 is 13.1. The first kappa shape index (κ1) is 6.80. The van der Waals surface area contributed by atoms with Gasteiger partial charge in [0.25, 0.3) is 0 Å². The minimum atomic E-state index is -1.17. The van der Waals surface area contributed by atoms with Gasteiger partial charge in [0.2, 0.25) is 0 Å². The van der Waals surface area contributed by atoms with Crippen molar-refractivity contribution in [2.24, 2.45) is 0 Å². The highest BCUT2D eigenvalue weighted by Crippen LogP contribution is 2.33. The Morgan fingerprint density at radius 3 is 2.82 bits per heavy atom. The van der Waals surface area contributed by atoms with Gasteiger partial charge in [-0.1, -0.05) is 24.3 Å². The molecule has 1 aliphatic carbocycles. The Morgan fingerprint density at radius 2 is 2.09 bits per heavy atom. The number of hydrogen-bond acceptors (Lipinski definition) is 1. The van der Waals surface area contributed by atoms with Crippen LogP contribution in [0, 0.1) is 0 Å². The van der Waals surface area contributed by atoms with E-state index in [1.165, 1.54) is 0 Å². The predicted octanol–water partition coefficient (Wildman–Crippen LogP) is 1.61. The first-order chi connectivity index (χ1) is 5.29. The SMILES string of the molecule is O[C@@H]1Cc2ccccc2[C@@H]1F. The highest BCUT2D eigenvalue weighted by Gasteiger charge is 2.29. The van der Waals surface area contributed by atoms with Crippen LogP contribution >= 0.6 is 0 Å². The molecule has 1 nitrogen and oxygen atoms in total. The number of aliphatic hydroxyl groups excluding tert-OH is 1. The summed E-state index contributed by atoms with van der Waals surface area (Å²) in [5, 5.41) is 9.14. The van der Waals surface area contributed by atoms with Gasteiger partial charge in [-0.25, -0.2) is 4.39 Å². The Morgan fingerprint density at radius 1 is 1.36 bits per heavy atom. The minimum absolute atomic E-state index is 0.456. The molecule has 0 bridgehead atoms. The molecule has 0 heterocycles. The number of fused-ring (bicyclic) bond motifs is 1. The average Bonchev–Trinajstić information content (AvgIpc) is 2.30. The molecular formula is C9H9FO. The zero-order valence-electron chi connectivity index (χ0n) is 6.00. The van der Waals surface area contributed by atoms with Gasteiger partial charge in [-0.15, -0.1) is 0 Å². The van der Waals surface area contributed by atoms with E-state index in [0.29, 0.717) is 12.0 Å². The summed E-state index contributed by atoms with van der Waals surface area (Å²) in [5.41, 5.74) is 1.59. The van der Waals surface area contributed by atoms with E-state index < -0.39 is 12.3 Å². The zero-order chi connectivity index (χ0) is 7.84. The quantitative estimate of drug-likeness (QED) is 0.598. The van der Waals surface area contributed by atoms with Crippen LogP contribution in [0.5, 0.6) is 0 Å². The Kier molecular flexibility index (Phi) is 1.43. The van der Waals surface area contributed by atoms with Crippen molar-refractivity contribution in [1.82, 2.24) is 0 Å². The van der Waals surface area contributed by atoms with Gasteiger partial charge in [0.05, 0.1) is 6.10 Å². The van der Waals surface area contributed by atoms with Crippen LogP contribution in [0.15, 0.2) is 24.3 Å². The average molecular weight is 152 g/mol. The van der Waals surface area contributed by atoms with E-state index in [4.69, 9.17) is 5.11 Å². The molecule has 2 atom stereocenters. The maximum absolute atomic E-state index is 13.1. The number of alkyl halides is 1. The Hall–Kier alpha value is -0.890. The van der Waals surface area contributed by atoms with E-state index in [1.807, 2.05) is 12.1 Å². The van der Waals surface area contributed by atoms with Crippen LogP contribution in [0.3, 0.4) is 0 Å². The van der Waals surface area contributed by atoms with Crippen LogP contribution in [0.4, 0.5) is 4.39 Å². The molecule has 0 aliphatic heterocycles. The molecule has 2 rings (SSSR count). The molecule has 11 heavy (non-hydrogen) atoms. The lowest BCUT2D eigenvalue weighted by atomic mass is 10.1. The van der Waals surface area contributed by atoms with E-state index >= 15 is 0 Å². The van der Waals surface area contributed by atoms with Gasteiger partial charge in [-0.2, -0.15) is 0 Å². The predicted molar refractivity (Wildman–Crippen MR) is 40.0 cm³/mol. The van der Waals surface area contributed by atoms with Crippen LogP contribution in [0.2, 0.25) is 0 Å². The summed E-state index contributed by atoms with van der Waals surface area (Å²) >= 11 is 0. The van der Waals surface area contributed by atoms with Gasteiger partial charge in [0.1, 0.15) is 0 Å². The molecular weight excluding hydrogens is 143 g/mol. The van der Waals surface area contributed by atoms with Crippen molar-refractivity contribution in [1.29, 1.82) is 0 Å². The lowest BCUT2D eigenvalue weighted by Gasteiger charge is -2.03. The molecule has 58 valence electrons. The molecule has 1 aromatic carbocycles. The van der Waals surface area contributed by atoms with Crippen LogP contribution in [0.1, 0.15) is 17.3 Å². The molecule has 0 amide bonds. The second kappa shape index (κ2) is 2.31. The number of hydrogen-bond donors (Lipinski definition) is 1. The van der Waals surface area contributed by atoms with Crippen LogP contribution in [0.25, 0.3) is 0 Å². The second-order valence-electron chi connectivity index (χ2n) is 2.87. The maximum atomic E-state index is 13.1. The Labute approximate surface area is 64.5 Å². The standard InChI is InChI=1S/C9H9FO/c10-9-7-4-2-1-3-6(7)5-8(9)11/h1-4,8-9,11H,5H2/t8-,9+/m1/s1. The van der Waals surface area contributed by atoms with Crippen molar-refractivity contribution >= 4 is 0 Å². The zero-order valence-corrected chi connectivity index (χ0v) is 6.00. The molecule has 0 fully saturated rings. The fourth-order valence-electron chi connectivity index (χ4n) is 1.53. The summed E-state index contributed by atoms with van der Waals surface area (Å²) in [5.74, 6) is 0. The number of rotatable bonds is 0. The molecule has 1 aromatic rings. The fourth-order valence-corrected chi connectivity index (χ4v) is 1.53. The summed E-state index contributed by atoms with van der Waals surface area (Å²) in [6, 6.07) is 7.25. The largest absolute Gasteiger partial charge is 0.389 e. The van der Waals surface area contributed by atoms with E-state index in [0.717, 1.165) is 5.56 Å². The molecule has 0 aromatic heterocycles. The van der Waals surface area contributed by atoms with Crippen molar-refractivity contribution in [2.75, 3.05) is 0 Å². The molecule has 2 heteroatoms. The summed E-state index contributed by atoms with van der Waals surface area (Å²) in [7, 11) is 0. The lowest BCUT2D eigenvalue weighted by molar-refractivity contribution is 0.0928. The highest BCUT2D eigenvalue weighted by atomic mass is 19.1. The van der Waals surface area contributed by atoms with Crippen LogP contribution < -0.4 is 0 Å². The first-order valence-corrected chi connectivity index (χ1v) is 3.69. The summed E-state index contributed by atoms with van der Waals surface area (Å²) in [4.78, 5) is 0. The van der Waals surface area contributed by atoms with Gasteiger partial charge in [-0.3, -0.25) is 0 Å². The van der Waals surface area contributed by atoms with Gasteiger partial charge in [0.15, 0.2) is 6.17 Å².